The summed E-state index contributed by atoms with van der Waals surface area (Å²) in [5, 5.41) is 9.01. The van der Waals surface area contributed by atoms with Crippen molar-refractivity contribution in [2.24, 2.45) is 11.1 Å². The number of imidazole rings is 1. The first-order valence-corrected chi connectivity index (χ1v) is 12.3. The van der Waals surface area contributed by atoms with Gasteiger partial charge < -0.3 is 34.8 Å². The van der Waals surface area contributed by atoms with E-state index in [1.165, 1.54) is 30.5 Å². The fourth-order valence-electron chi connectivity index (χ4n) is 3.78. The molecule has 1 amide bonds. The second kappa shape index (κ2) is 11.4. The second-order valence-corrected chi connectivity index (χ2v) is 9.54. The lowest BCUT2D eigenvalue weighted by Gasteiger charge is -2.40. The maximum atomic E-state index is 13.7. The molecule has 0 spiro atoms. The summed E-state index contributed by atoms with van der Waals surface area (Å²) in [7, 11) is 0. The van der Waals surface area contributed by atoms with E-state index in [1.54, 1.807) is 26.8 Å². The van der Waals surface area contributed by atoms with Crippen LogP contribution in [0.1, 0.15) is 33.0 Å². The van der Waals surface area contributed by atoms with Gasteiger partial charge in [-0.25, -0.2) is 14.4 Å². The van der Waals surface area contributed by atoms with Crippen LogP contribution in [-0.2, 0) is 29.6 Å². The predicted octanol–water partition coefficient (Wildman–Crippen LogP) is 2.08. The van der Waals surface area contributed by atoms with Gasteiger partial charge in [0, 0.05) is 24.8 Å². The van der Waals surface area contributed by atoms with Crippen LogP contribution < -0.4 is 10.5 Å². The zero-order valence-electron chi connectivity index (χ0n) is 21.8. The first-order chi connectivity index (χ1) is 18.6. The molecule has 0 saturated carbocycles. The van der Waals surface area contributed by atoms with E-state index in [9.17, 15) is 14.0 Å². The van der Waals surface area contributed by atoms with Crippen molar-refractivity contribution >= 4 is 11.9 Å². The highest BCUT2D eigenvalue weighted by molar-refractivity contribution is 5.85. The van der Waals surface area contributed by atoms with E-state index in [-0.39, 0.29) is 44.4 Å². The third kappa shape index (κ3) is 5.90. The molecule has 13 heteroatoms. The second-order valence-electron chi connectivity index (χ2n) is 9.54. The van der Waals surface area contributed by atoms with Crippen LogP contribution in [0.25, 0.3) is 22.6 Å². The van der Waals surface area contributed by atoms with Crippen molar-refractivity contribution in [1.82, 2.24) is 19.9 Å². The Morgan fingerprint density at radius 1 is 1.18 bits per heavy atom. The number of benzene rings is 1. The third-order valence-corrected chi connectivity index (χ3v) is 5.90. The van der Waals surface area contributed by atoms with Crippen molar-refractivity contribution in [3.05, 3.63) is 48.2 Å². The Kier molecular flexibility index (Phi) is 8.23. The highest BCUT2D eigenvalue weighted by Crippen LogP contribution is 2.39. The van der Waals surface area contributed by atoms with E-state index in [0.29, 0.717) is 29.1 Å². The van der Waals surface area contributed by atoms with Gasteiger partial charge in [0.2, 0.25) is 0 Å². The number of rotatable bonds is 10. The normalized spacial score (nSPS) is 21.1. The molecule has 12 nitrogen and oxygen atoms in total. The lowest BCUT2D eigenvalue weighted by molar-refractivity contribution is -0.294. The molecular weight excluding hydrogens is 513 g/mol. The van der Waals surface area contributed by atoms with E-state index < -0.39 is 28.9 Å². The van der Waals surface area contributed by atoms with E-state index in [4.69, 9.17) is 29.8 Å². The number of nitrogens with two attached hydrogens (primary N) is 1. The smallest absolute Gasteiger partial charge is 0.316 e. The minimum atomic E-state index is -2.15. The molecule has 1 aliphatic rings. The number of carbonyl (C=O) groups is 2. The van der Waals surface area contributed by atoms with Crippen LogP contribution >= 0.6 is 0 Å². The number of nitrogens with zero attached hydrogens (tertiary/aromatic N) is 3. The molecule has 1 fully saturated rings. The summed E-state index contributed by atoms with van der Waals surface area (Å²) in [4.78, 5) is 41.5. The third-order valence-electron chi connectivity index (χ3n) is 5.90. The molecule has 39 heavy (non-hydrogen) atoms. The number of ether oxygens (including phenoxy) is 4. The SMILES string of the molecule is CC(C)OC(=O)C1(C)COC(C(N)=O)(c2nc(-c3ccc(F)cc3)c(-c3ccnc(OCCCO)n3)[nH]2)OC1. The van der Waals surface area contributed by atoms with Gasteiger partial charge in [0.05, 0.1) is 43.0 Å². The van der Waals surface area contributed by atoms with Crippen LogP contribution in [0.15, 0.2) is 36.5 Å². The first kappa shape index (κ1) is 28.1. The zero-order chi connectivity index (χ0) is 28.2. The van der Waals surface area contributed by atoms with Crippen LogP contribution in [0, 0.1) is 11.2 Å². The minimum absolute atomic E-state index is 0.0522. The lowest BCUT2D eigenvalue weighted by Crippen LogP contribution is -2.56. The molecule has 0 atom stereocenters. The average Bonchev–Trinajstić information content (AvgIpc) is 3.35. The van der Waals surface area contributed by atoms with Crippen LogP contribution in [0.4, 0.5) is 4.39 Å². The van der Waals surface area contributed by atoms with Gasteiger partial charge in [0.1, 0.15) is 11.2 Å². The molecule has 4 rings (SSSR count). The summed E-state index contributed by atoms with van der Waals surface area (Å²) >= 11 is 0. The van der Waals surface area contributed by atoms with Gasteiger partial charge in [-0.2, -0.15) is 4.98 Å². The van der Waals surface area contributed by atoms with Crippen LogP contribution in [0.2, 0.25) is 0 Å². The van der Waals surface area contributed by atoms with Gasteiger partial charge in [0.25, 0.3) is 5.91 Å². The Balaban J connectivity index is 1.75. The van der Waals surface area contributed by atoms with Crippen molar-refractivity contribution in [3.63, 3.8) is 0 Å². The maximum absolute atomic E-state index is 13.7. The van der Waals surface area contributed by atoms with Crippen molar-refractivity contribution < 1.29 is 38.0 Å². The van der Waals surface area contributed by atoms with Gasteiger partial charge in [-0.1, -0.05) is 0 Å². The topological polar surface area (TPSA) is 172 Å². The van der Waals surface area contributed by atoms with Crippen LogP contribution in [0.3, 0.4) is 0 Å². The minimum Gasteiger partial charge on any atom is -0.463 e. The molecule has 1 aliphatic heterocycles. The molecule has 3 heterocycles. The molecule has 4 N–H and O–H groups in total. The summed E-state index contributed by atoms with van der Waals surface area (Å²) in [6.07, 6.45) is 1.50. The van der Waals surface area contributed by atoms with E-state index in [2.05, 4.69) is 19.9 Å². The fraction of sp³-hybridized carbons (Fsp3) is 0.423. The Bertz CT molecular complexity index is 1320. The lowest BCUT2D eigenvalue weighted by atomic mass is 9.91. The summed E-state index contributed by atoms with van der Waals surface area (Å²) in [6.45, 7) is 4.71. The molecule has 3 aromatic rings. The van der Waals surface area contributed by atoms with Gasteiger partial charge in [-0.3, -0.25) is 9.59 Å². The number of halogens is 1. The average molecular weight is 544 g/mol. The number of aromatic amines is 1. The van der Waals surface area contributed by atoms with Crippen molar-refractivity contribution in [2.75, 3.05) is 26.4 Å². The monoisotopic (exact) mass is 543 g/mol. The molecule has 0 unspecified atom stereocenters. The van der Waals surface area contributed by atoms with Crippen LogP contribution in [-0.4, -0.2) is 69.5 Å². The molecule has 2 aromatic heterocycles. The number of aromatic nitrogens is 4. The number of aliphatic hydroxyl groups excluding tert-OH is 1. The highest BCUT2D eigenvalue weighted by atomic mass is 19.1. The number of hydrogen-bond donors (Lipinski definition) is 3. The number of nitrogens with one attached hydrogen (secondary N) is 1. The molecule has 0 aliphatic carbocycles. The van der Waals surface area contributed by atoms with Gasteiger partial charge in [-0.15, -0.1) is 0 Å². The van der Waals surface area contributed by atoms with Crippen molar-refractivity contribution in [3.8, 4) is 28.7 Å². The van der Waals surface area contributed by atoms with Crippen molar-refractivity contribution in [1.29, 1.82) is 0 Å². The number of esters is 1. The fourth-order valence-corrected chi connectivity index (χ4v) is 3.78. The Hall–Kier alpha value is -3.94. The standard InChI is InChI=1S/C26H30FN5O7/c1-15(2)39-23(35)25(3)13-37-26(21(28)34,38-14-25)22-31-19(16-5-7-17(27)8-6-16)20(32-22)18-9-10-29-24(30-18)36-12-4-11-33/h5-10,15,33H,4,11-14H2,1-3H3,(H2,28,34)(H,31,32). The summed E-state index contributed by atoms with van der Waals surface area (Å²) in [5.41, 5.74) is 6.01. The van der Waals surface area contributed by atoms with Crippen molar-refractivity contribution in [2.45, 2.75) is 39.1 Å². The number of hydrogen-bond acceptors (Lipinski definition) is 10. The van der Waals surface area contributed by atoms with Gasteiger partial charge in [-0.05, 0) is 51.1 Å². The molecule has 208 valence electrons. The van der Waals surface area contributed by atoms with E-state index >= 15 is 0 Å². The quantitative estimate of drug-likeness (QED) is 0.254. The Labute approximate surface area is 223 Å². The number of aliphatic hydroxyl groups is 1. The summed E-state index contributed by atoms with van der Waals surface area (Å²) in [5.74, 6) is -4.23. The zero-order valence-corrected chi connectivity index (χ0v) is 21.8. The number of carbonyl (C=O) groups excluding carboxylic acids is 2. The van der Waals surface area contributed by atoms with E-state index in [1.807, 2.05) is 0 Å². The predicted molar refractivity (Wildman–Crippen MR) is 134 cm³/mol. The van der Waals surface area contributed by atoms with Gasteiger partial charge in [0.15, 0.2) is 5.82 Å². The van der Waals surface area contributed by atoms with E-state index in [0.717, 1.165) is 0 Å². The molecule has 0 bridgehead atoms. The Morgan fingerprint density at radius 2 is 1.87 bits per heavy atom. The maximum Gasteiger partial charge on any atom is 0.316 e. The molecular formula is C26H30FN5O7. The van der Waals surface area contributed by atoms with Crippen LogP contribution in [0.5, 0.6) is 6.01 Å². The van der Waals surface area contributed by atoms with Gasteiger partial charge >= 0.3 is 17.8 Å². The molecule has 0 radical (unpaired) electrons. The highest BCUT2D eigenvalue weighted by Gasteiger charge is 2.54. The number of amides is 1. The summed E-state index contributed by atoms with van der Waals surface area (Å²) < 4.78 is 36.2. The first-order valence-electron chi connectivity index (χ1n) is 12.3. The number of primary amides is 1. The molecule has 1 saturated heterocycles. The Morgan fingerprint density at radius 3 is 2.49 bits per heavy atom. The molecule has 1 aromatic carbocycles. The number of H-pyrrole nitrogens is 1. The largest absolute Gasteiger partial charge is 0.463 e. The summed E-state index contributed by atoms with van der Waals surface area (Å²) in [6, 6.07) is 7.19.